The van der Waals surface area contributed by atoms with Crippen molar-refractivity contribution in [1.29, 1.82) is 0 Å². The van der Waals surface area contributed by atoms with Crippen molar-refractivity contribution in [2.45, 2.75) is 26.2 Å². The Morgan fingerprint density at radius 2 is 1.94 bits per heavy atom. The summed E-state index contributed by atoms with van der Waals surface area (Å²) in [7, 11) is 4.17. The second-order valence-electron chi connectivity index (χ2n) is 4.63. The molecule has 0 saturated carbocycles. The lowest BCUT2D eigenvalue weighted by Gasteiger charge is -2.10. The van der Waals surface area contributed by atoms with Gasteiger partial charge in [-0.25, -0.2) is 4.98 Å². The quantitative estimate of drug-likeness (QED) is 0.658. The molecule has 1 aromatic rings. The number of aromatic nitrogens is 2. The Labute approximate surface area is 110 Å². The third kappa shape index (κ3) is 6.39. The van der Waals surface area contributed by atoms with Crippen molar-refractivity contribution in [2.75, 3.05) is 44.4 Å². The van der Waals surface area contributed by atoms with Gasteiger partial charge in [0.1, 0.15) is 5.82 Å². The standard InChI is InChI=1S/C13H25N5/c1-4-5-8-15-13-16-10-7-12(17-13)14-9-6-11-18(2)3/h7,10H,4-6,8-9,11H2,1-3H3,(H2,14,15,16,17). The zero-order valence-corrected chi connectivity index (χ0v) is 11.7. The van der Waals surface area contributed by atoms with Gasteiger partial charge < -0.3 is 15.5 Å². The summed E-state index contributed by atoms with van der Waals surface area (Å²) >= 11 is 0. The van der Waals surface area contributed by atoms with E-state index in [-0.39, 0.29) is 0 Å². The van der Waals surface area contributed by atoms with Gasteiger partial charge in [0.15, 0.2) is 0 Å². The van der Waals surface area contributed by atoms with Crippen LogP contribution in [-0.4, -0.2) is 48.6 Å². The highest BCUT2D eigenvalue weighted by Crippen LogP contribution is 2.05. The molecule has 1 heterocycles. The van der Waals surface area contributed by atoms with E-state index in [1.807, 2.05) is 6.07 Å². The van der Waals surface area contributed by atoms with Crippen LogP contribution in [0.1, 0.15) is 26.2 Å². The molecule has 1 rings (SSSR count). The summed E-state index contributed by atoms with van der Waals surface area (Å²) in [5.74, 6) is 1.60. The molecule has 0 aliphatic rings. The molecule has 1 aromatic heterocycles. The summed E-state index contributed by atoms with van der Waals surface area (Å²) in [4.78, 5) is 10.8. The summed E-state index contributed by atoms with van der Waals surface area (Å²) in [5, 5.41) is 6.54. The minimum Gasteiger partial charge on any atom is -0.370 e. The Balaban J connectivity index is 2.30. The lowest BCUT2D eigenvalue weighted by molar-refractivity contribution is 0.405. The first-order valence-corrected chi connectivity index (χ1v) is 6.68. The summed E-state index contributed by atoms with van der Waals surface area (Å²) in [6.45, 7) is 5.12. The molecule has 0 aromatic carbocycles. The summed E-state index contributed by atoms with van der Waals surface area (Å²) in [5.41, 5.74) is 0. The number of anilines is 2. The van der Waals surface area contributed by atoms with Crippen LogP contribution in [0.15, 0.2) is 12.3 Å². The van der Waals surface area contributed by atoms with Crippen molar-refractivity contribution in [3.8, 4) is 0 Å². The van der Waals surface area contributed by atoms with Gasteiger partial charge in [-0.1, -0.05) is 13.3 Å². The van der Waals surface area contributed by atoms with Crippen LogP contribution in [0.5, 0.6) is 0 Å². The number of hydrogen-bond donors (Lipinski definition) is 2. The predicted molar refractivity (Wildman–Crippen MR) is 77.1 cm³/mol. The van der Waals surface area contributed by atoms with Crippen molar-refractivity contribution in [1.82, 2.24) is 14.9 Å². The fourth-order valence-corrected chi connectivity index (χ4v) is 1.53. The van der Waals surface area contributed by atoms with E-state index < -0.39 is 0 Å². The van der Waals surface area contributed by atoms with Gasteiger partial charge >= 0.3 is 0 Å². The second kappa shape index (κ2) is 8.69. The van der Waals surface area contributed by atoms with E-state index in [9.17, 15) is 0 Å². The third-order valence-corrected chi connectivity index (χ3v) is 2.56. The molecule has 0 saturated heterocycles. The maximum atomic E-state index is 4.41. The molecule has 2 N–H and O–H groups in total. The van der Waals surface area contributed by atoms with E-state index in [2.05, 4.69) is 46.5 Å². The highest BCUT2D eigenvalue weighted by molar-refractivity contribution is 5.39. The number of nitrogens with zero attached hydrogens (tertiary/aromatic N) is 3. The van der Waals surface area contributed by atoms with E-state index >= 15 is 0 Å². The molecule has 102 valence electrons. The normalized spacial score (nSPS) is 10.7. The molecule has 0 radical (unpaired) electrons. The topological polar surface area (TPSA) is 53.1 Å². The zero-order chi connectivity index (χ0) is 13.2. The van der Waals surface area contributed by atoms with E-state index in [1.165, 1.54) is 6.42 Å². The molecular weight excluding hydrogens is 226 g/mol. The SMILES string of the molecule is CCCCNc1nccc(NCCCN(C)C)n1. The maximum Gasteiger partial charge on any atom is 0.224 e. The van der Waals surface area contributed by atoms with E-state index in [0.29, 0.717) is 5.95 Å². The Morgan fingerprint density at radius 1 is 1.17 bits per heavy atom. The average Bonchev–Trinajstić information content (AvgIpc) is 2.35. The maximum absolute atomic E-state index is 4.41. The molecule has 0 unspecified atom stereocenters. The predicted octanol–water partition coefficient (Wildman–Crippen LogP) is 2.05. The Hall–Kier alpha value is -1.36. The van der Waals surface area contributed by atoms with Gasteiger partial charge in [-0.05, 0) is 39.5 Å². The molecule has 18 heavy (non-hydrogen) atoms. The van der Waals surface area contributed by atoms with Crippen LogP contribution < -0.4 is 10.6 Å². The Morgan fingerprint density at radius 3 is 2.67 bits per heavy atom. The summed E-state index contributed by atoms with van der Waals surface area (Å²) in [6.07, 6.45) is 5.21. The number of nitrogens with one attached hydrogen (secondary N) is 2. The van der Waals surface area contributed by atoms with Crippen LogP contribution in [0, 0.1) is 0 Å². The van der Waals surface area contributed by atoms with Crippen molar-refractivity contribution < 1.29 is 0 Å². The fourth-order valence-electron chi connectivity index (χ4n) is 1.53. The molecule has 0 aliphatic heterocycles. The van der Waals surface area contributed by atoms with Crippen LogP contribution in [-0.2, 0) is 0 Å². The van der Waals surface area contributed by atoms with Crippen LogP contribution in [0.3, 0.4) is 0 Å². The average molecular weight is 251 g/mol. The monoisotopic (exact) mass is 251 g/mol. The van der Waals surface area contributed by atoms with Crippen molar-refractivity contribution >= 4 is 11.8 Å². The summed E-state index contributed by atoms with van der Waals surface area (Å²) in [6, 6.07) is 1.90. The summed E-state index contributed by atoms with van der Waals surface area (Å²) < 4.78 is 0. The van der Waals surface area contributed by atoms with Gasteiger partial charge in [0.05, 0.1) is 0 Å². The lowest BCUT2D eigenvalue weighted by Crippen LogP contribution is -2.16. The Bertz CT molecular complexity index is 327. The van der Waals surface area contributed by atoms with E-state index in [1.54, 1.807) is 6.20 Å². The van der Waals surface area contributed by atoms with Crippen LogP contribution in [0.25, 0.3) is 0 Å². The molecule has 0 fully saturated rings. The second-order valence-corrected chi connectivity index (χ2v) is 4.63. The highest BCUT2D eigenvalue weighted by Gasteiger charge is 1.98. The first-order valence-electron chi connectivity index (χ1n) is 6.68. The van der Waals surface area contributed by atoms with Gasteiger partial charge in [-0.3, -0.25) is 0 Å². The third-order valence-electron chi connectivity index (χ3n) is 2.56. The smallest absolute Gasteiger partial charge is 0.224 e. The van der Waals surface area contributed by atoms with Gasteiger partial charge in [-0.15, -0.1) is 0 Å². The molecule has 5 nitrogen and oxygen atoms in total. The van der Waals surface area contributed by atoms with Gasteiger partial charge in [0.2, 0.25) is 5.95 Å². The van der Waals surface area contributed by atoms with Crippen molar-refractivity contribution in [3.63, 3.8) is 0 Å². The molecule has 5 heteroatoms. The fraction of sp³-hybridized carbons (Fsp3) is 0.692. The van der Waals surface area contributed by atoms with Gasteiger partial charge in [0, 0.05) is 19.3 Å². The first kappa shape index (κ1) is 14.7. The largest absolute Gasteiger partial charge is 0.370 e. The van der Waals surface area contributed by atoms with Crippen molar-refractivity contribution in [3.05, 3.63) is 12.3 Å². The number of rotatable bonds is 9. The zero-order valence-electron chi connectivity index (χ0n) is 11.7. The molecule has 0 amide bonds. The lowest BCUT2D eigenvalue weighted by atomic mass is 10.3. The minimum atomic E-state index is 0.709. The van der Waals surface area contributed by atoms with Crippen LogP contribution in [0.4, 0.5) is 11.8 Å². The highest BCUT2D eigenvalue weighted by atomic mass is 15.1. The van der Waals surface area contributed by atoms with E-state index in [0.717, 1.165) is 38.3 Å². The number of hydrogen-bond acceptors (Lipinski definition) is 5. The van der Waals surface area contributed by atoms with Crippen LogP contribution >= 0.6 is 0 Å². The first-order chi connectivity index (χ1) is 8.72. The van der Waals surface area contributed by atoms with Crippen molar-refractivity contribution in [2.24, 2.45) is 0 Å². The molecule has 0 bridgehead atoms. The van der Waals surface area contributed by atoms with Gasteiger partial charge in [0.25, 0.3) is 0 Å². The minimum absolute atomic E-state index is 0.709. The van der Waals surface area contributed by atoms with E-state index in [4.69, 9.17) is 0 Å². The Kier molecular flexibility index (Phi) is 7.10. The molecule has 0 spiro atoms. The molecular formula is C13H25N5. The molecule has 0 aliphatic carbocycles. The van der Waals surface area contributed by atoms with Crippen LogP contribution in [0.2, 0.25) is 0 Å². The molecule has 0 atom stereocenters. The number of unbranched alkanes of at least 4 members (excludes halogenated alkanes) is 1. The van der Waals surface area contributed by atoms with Gasteiger partial charge in [-0.2, -0.15) is 4.98 Å².